The van der Waals surface area contributed by atoms with Crippen LogP contribution in [0.5, 0.6) is 0 Å². The zero-order valence-corrected chi connectivity index (χ0v) is 12.7. The second-order valence-corrected chi connectivity index (χ2v) is 5.23. The lowest BCUT2D eigenvalue weighted by atomic mass is 10.1. The average Bonchev–Trinajstić information content (AvgIpc) is 2.41. The van der Waals surface area contributed by atoms with Crippen molar-refractivity contribution in [1.29, 1.82) is 0 Å². The van der Waals surface area contributed by atoms with Gasteiger partial charge in [0.05, 0.1) is 6.61 Å². The number of carbonyl (C=O) groups is 1. The summed E-state index contributed by atoms with van der Waals surface area (Å²) in [6.07, 6.45) is 0. The van der Waals surface area contributed by atoms with Gasteiger partial charge in [-0.3, -0.25) is 24.2 Å². The highest BCUT2D eigenvalue weighted by molar-refractivity contribution is 7.99. The van der Waals surface area contributed by atoms with E-state index in [9.17, 15) is 14.4 Å². The molecule has 1 aromatic heterocycles. The highest BCUT2D eigenvalue weighted by Gasteiger charge is 2.33. The van der Waals surface area contributed by atoms with Crippen LogP contribution in [0, 0.1) is 0 Å². The number of nitrogens with zero attached hydrogens (tertiary/aromatic N) is 2. The first kappa shape index (κ1) is 16.4. The zero-order valence-electron chi connectivity index (χ0n) is 11.8. The number of hydrogen-bond donors (Lipinski definition) is 2. The molecule has 0 aliphatic rings. The number of rotatable bonds is 6. The molecule has 0 aromatic carbocycles. The van der Waals surface area contributed by atoms with E-state index in [1.54, 1.807) is 27.9 Å². The van der Waals surface area contributed by atoms with Crippen LogP contribution in [0.4, 0.5) is 0 Å². The normalized spacial score (nSPS) is 13.8. The first-order valence-electron chi connectivity index (χ1n) is 6.00. The fourth-order valence-corrected chi connectivity index (χ4v) is 2.39. The molecule has 0 aliphatic carbocycles. The molecule has 0 saturated heterocycles. The SMILES string of the molecule is CCOC(=O)C(C)(CSc1nc(=O)c(=O)[nH]n1C)NC. The summed E-state index contributed by atoms with van der Waals surface area (Å²) in [6, 6.07) is 0. The molecule has 1 aromatic rings. The molecule has 1 heterocycles. The van der Waals surface area contributed by atoms with Gasteiger partial charge in [0.1, 0.15) is 5.54 Å². The van der Waals surface area contributed by atoms with E-state index in [-0.39, 0.29) is 12.6 Å². The van der Waals surface area contributed by atoms with E-state index in [0.29, 0.717) is 10.9 Å². The molecule has 0 amide bonds. The summed E-state index contributed by atoms with van der Waals surface area (Å²) in [7, 11) is 3.22. The summed E-state index contributed by atoms with van der Waals surface area (Å²) in [5.74, 6) is -0.0845. The summed E-state index contributed by atoms with van der Waals surface area (Å²) >= 11 is 1.17. The number of aromatic nitrogens is 3. The van der Waals surface area contributed by atoms with Crippen molar-refractivity contribution in [2.45, 2.75) is 24.5 Å². The van der Waals surface area contributed by atoms with Crippen molar-refractivity contribution >= 4 is 17.7 Å². The molecule has 0 fully saturated rings. The molecule has 1 rings (SSSR count). The van der Waals surface area contributed by atoms with Gasteiger partial charge in [-0.25, -0.2) is 0 Å². The molecule has 112 valence electrons. The van der Waals surface area contributed by atoms with Gasteiger partial charge < -0.3 is 10.1 Å². The molecule has 9 heteroatoms. The predicted octanol–water partition coefficient (Wildman–Crippen LogP) is -0.898. The molecular weight excluding hydrogens is 284 g/mol. The summed E-state index contributed by atoms with van der Waals surface area (Å²) in [5, 5.41) is 5.56. The number of carbonyl (C=O) groups excluding carboxylic acids is 1. The van der Waals surface area contributed by atoms with Gasteiger partial charge in [0.15, 0.2) is 5.16 Å². The monoisotopic (exact) mass is 302 g/mol. The van der Waals surface area contributed by atoms with Gasteiger partial charge >= 0.3 is 17.1 Å². The lowest BCUT2D eigenvalue weighted by Gasteiger charge is -2.26. The average molecular weight is 302 g/mol. The molecule has 0 aliphatic heterocycles. The van der Waals surface area contributed by atoms with E-state index < -0.39 is 16.7 Å². The van der Waals surface area contributed by atoms with Crippen molar-refractivity contribution < 1.29 is 9.53 Å². The number of likely N-dealkylation sites (N-methyl/N-ethyl adjacent to an activating group) is 1. The van der Waals surface area contributed by atoms with Crippen molar-refractivity contribution in [2.75, 3.05) is 19.4 Å². The van der Waals surface area contributed by atoms with Gasteiger partial charge in [-0.1, -0.05) is 11.8 Å². The number of thioether (sulfide) groups is 1. The van der Waals surface area contributed by atoms with Crippen LogP contribution >= 0.6 is 11.8 Å². The number of nitrogens with one attached hydrogen (secondary N) is 2. The highest BCUT2D eigenvalue weighted by atomic mass is 32.2. The maximum Gasteiger partial charge on any atom is 0.339 e. The maximum absolute atomic E-state index is 11.9. The standard InChI is InChI=1S/C11H18N4O4S/c1-5-19-9(18)11(2,12-3)6-20-10-13-7(16)8(17)14-15(10)4/h12H,5-6H2,1-4H3,(H,14,17). The second-order valence-electron chi connectivity index (χ2n) is 4.29. The first-order chi connectivity index (χ1) is 9.34. The van der Waals surface area contributed by atoms with Crippen molar-refractivity contribution in [3.63, 3.8) is 0 Å². The summed E-state index contributed by atoms with van der Waals surface area (Å²) in [6.45, 7) is 3.71. The van der Waals surface area contributed by atoms with E-state index in [0.717, 1.165) is 0 Å². The lowest BCUT2D eigenvalue weighted by molar-refractivity contribution is -0.149. The predicted molar refractivity (Wildman–Crippen MR) is 74.9 cm³/mol. The molecule has 8 nitrogen and oxygen atoms in total. The Balaban J connectivity index is 2.89. The molecule has 0 saturated carbocycles. The van der Waals surface area contributed by atoms with Gasteiger partial charge in [0.25, 0.3) is 0 Å². The van der Waals surface area contributed by atoms with Crippen LogP contribution in [0.3, 0.4) is 0 Å². The van der Waals surface area contributed by atoms with Crippen molar-refractivity contribution in [2.24, 2.45) is 7.05 Å². The molecule has 1 atom stereocenters. The van der Waals surface area contributed by atoms with E-state index in [1.807, 2.05) is 0 Å². The summed E-state index contributed by atoms with van der Waals surface area (Å²) < 4.78 is 6.34. The third-order valence-corrected chi connectivity index (χ3v) is 4.06. The van der Waals surface area contributed by atoms with E-state index in [2.05, 4.69) is 15.4 Å². The maximum atomic E-state index is 11.9. The Hall–Kier alpha value is -1.61. The van der Waals surface area contributed by atoms with Crippen LogP contribution < -0.4 is 16.4 Å². The van der Waals surface area contributed by atoms with Crippen molar-refractivity contribution in [3.8, 4) is 0 Å². The summed E-state index contributed by atoms with van der Waals surface area (Å²) in [4.78, 5) is 37.9. The smallest absolute Gasteiger partial charge is 0.339 e. The Morgan fingerprint density at radius 1 is 1.55 bits per heavy atom. The van der Waals surface area contributed by atoms with Crippen molar-refractivity contribution in [1.82, 2.24) is 20.1 Å². The van der Waals surface area contributed by atoms with Gasteiger partial charge in [-0.2, -0.15) is 4.98 Å². The van der Waals surface area contributed by atoms with Gasteiger partial charge in [-0.05, 0) is 20.9 Å². The number of hydrogen-bond acceptors (Lipinski definition) is 7. The quantitative estimate of drug-likeness (QED) is 0.398. The number of aromatic amines is 1. The van der Waals surface area contributed by atoms with Crippen LogP contribution in [0.25, 0.3) is 0 Å². The van der Waals surface area contributed by atoms with Gasteiger partial charge in [0, 0.05) is 12.8 Å². The van der Waals surface area contributed by atoms with E-state index >= 15 is 0 Å². The molecule has 0 bridgehead atoms. The molecule has 1 unspecified atom stereocenters. The Morgan fingerprint density at radius 3 is 2.75 bits per heavy atom. The Bertz CT molecular complexity index is 597. The van der Waals surface area contributed by atoms with Gasteiger partial charge in [0.2, 0.25) is 0 Å². The van der Waals surface area contributed by atoms with Crippen LogP contribution in [0.1, 0.15) is 13.8 Å². The van der Waals surface area contributed by atoms with Crippen LogP contribution in [-0.4, -0.2) is 45.7 Å². The van der Waals surface area contributed by atoms with Crippen molar-refractivity contribution in [3.05, 3.63) is 20.7 Å². The lowest BCUT2D eigenvalue weighted by Crippen LogP contribution is -2.51. The minimum Gasteiger partial charge on any atom is -0.465 e. The molecule has 20 heavy (non-hydrogen) atoms. The fourth-order valence-electron chi connectivity index (χ4n) is 1.32. The molecule has 0 spiro atoms. The molecule has 2 N–H and O–H groups in total. The largest absolute Gasteiger partial charge is 0.465 e. The third kappa shape index (κ3) is 3.70. The number of esters is 1. The van der Waals surface area contributed by atoms with Crippen LogP contribution in [0.15, 0.2) is 14.7 Å². The number of ether oxygens (including phenoxy) is 1. The zero-order chi connectivity index (χ0) is 15.3. The van der Waals surface area contributed by atoms with Gasteiger partial charge in [-0.15, -0.1) is 0 Å². The Labute approximate surface area is 119 Å². The molecule has 0 radical (unpaired) electrons. The molecular formula is C11H18N4O4S. The highest BCUT2D eigenvalue weighted by Crippen LogP contribution is 2.20. The topological polar surface area (TPSA) is 106 Å². The van der Waals surface area contributed by atoms with Crippen LogP contribution in [-0.2, 0) is 16.6 Å². The minimum absolute atomic E-state index is 0.288. The van der Waals surface area contributed by atoms with E-state index in [4.69, 9.17) is 4.74 Å². The second kappa shape index (κ2) is 6.71. The number of aryl methyl sites for hydroxylation is 1. The first-order valence-corrected chi connectivity index (χ1v) is 6.99. The minimum atomic E-state index is -0.908. The third-order valence-electron chi connectivity index (χ3n) is 2.72. The number of H-pyrrole nitrogens is 1. The Kier molecular flexibility index (Phi) is 5.52. The van der Waals surface area contributed by atoms with Crippen LogP contribution in [0.2, 0.25) is 0 Å². The Morgan fingerprint density at radius 2 is 2.20 bits per heavy atom. The van der Waals surface area contributed by atoms with E-state index in [1.165, 1.54) is 16.4 Å². The fraction of sp³-hybridized carbons (Fsp3) is 0.636. The summed E-state index contributed by atoms with van der Waals surface area (Å²) in [5.41, 5.74) is -2.54.